The van der Waals surface area contributed by atoms with Gasteiger partial charge < -0.3 is 20.3 Å². The van der Waals surface area contributed by atoms with Crippen LogP contribution >= 0.6 is 0 Å². The Morgan fingerprint density at radius 3 is 2.63 bits per heavy atom. The number of carbonyl (C=O) groups excluding carboxylic acids is 2. The monoisotopic (exact) mass is 363 g/mol. The summed E-state index contributed by atoms with van der Waals surface area (Å²) in [6.45, 7) is 0.569. The predicted octanol–water partition coefficient (Wildman–Crippen LogP) is 1.84. The highest BCUT2D eigenvalue weighted by atomic mass is 16.3. The Morgan fingerprint density at radius 2 is 1.85 bits per heavy atom. The third-order valence-electron chi connectivity index (χ3n) is 5.02. The molecule has 4 rings (SSSR count). The molecule has 3 aromatic rings. The van der Waals surface area contributed by atoms with Crippen molar-refractivity contribution in [2.24, 2.45) is 0 Å². The van der Waals surface area contributed by atoms with Crippen molar-refractivity contribution >= 4 is 22.7 Å². The van der Waals surface area contributed by atoms with Crippen LogP contribution in [0.4, 0.5) is 0 Å². The molecule has 0 aliphatic carbocycles. The van der Waals surface area contributed by atoms with E-state index in [4.69, 9.17) is 0 Å². The molecule has 0 fully saturated rings. The van der Waals surface area contributed by atoms with E-state index < -0.39 is 12.6 Å². The lowest BCUT2D eigenvalue weighted by atomic mass is 10.0. The molecular weight excluding hydrogens is 342 g/mol. The second-order valence-electron chi connectivity index (χ2n) is 6.71. The van der Waals surface area contributed by atoms with Gasteiger partial charge in [-0.25, -0.2) is 0 Å². The first-order valence-corrected chi connectivity index (χ1v) is 9.01. The lowest BCUT2D eigenvalue weighted by molar-refractivity contribution is -0.135. The molecule has 138 valence electrons. The standard InChI is InChI=1S/C21H21N3O3/c25-13-19(23-20(26)14-6-2-1-3-7-14)21(27)24-11-10-16-15-8-4-5-9-17(15)22-18(16)12-24/h1-9,19,22,25H,10-13H2,(H,23,26)/t19-/m0/s1. The van der Waals surface area contributed by atoms with Crippen molar-refractivity contribution in [1.29, 1.82) is 0 Å². The number of aliphatic hydroxyl groups excluding tert-OH is 1. The van der Waals surface area contributed by atoms with Crippen LogP contribution < -0.4 is 5.32 Å². The van der Waals surface area contributed by atoms with Crippen molar-refractivity contribution in [3.63, 3.8) is 0 Å². The molecule has 6 heteroatoms. The predicted molar refractivity (Wildman–Crippen MR) is 102 cm³/mol. The number of benzene rings is 2. The molecule has 1 aliphatic heterocycles. The maximum atomic E-state index is 12.9. The number of aromatic amines is 1. The molecule has 1 aromatic heterocycles. The number of aliphatic hydroxyl groups is 1. The number of nitrogens with one attached hydrogen (secondary N) is 2. The Hall–Kier alpha value is -3.12. The Morgan fingerprint density at radius 1 is 1.11 bits per heavy atom. The molecule has 3 N–H and O–H groups in total. The Kier molecular flexibility index (Phi) is 4.64. The summed E-state index contributed by atoms with van der Waals surface area (Å²) in [5.74, 6) is -0.641. The van der Waals surface area contributed by atoms with E-state index in [1.165, 1.54) is 10.9 Å². The van der Waals surface area contributed by atoms with Crippen LogP contribution in [0.2, 0.25) is 0 Å². The number of hydrogen-bond acceptors (Lipinski definition) is 3. The first-order valence-electron chi connectivity index (χ1n) is 9.01. The van der Waals surface area contributed by atoms with E-state index in [1.54, 1.807) is 29.2 Å². The van der Waals surface area contributed by atoms with Crippen molar-refractivity contribution in [3.05, 3.63) is 71.4 Å². The quantitative estimate of drug-likeness (QED) is 0.661. The minimum atomic E-state index is -0.955. The number of amides is 2. The van der Waals surface area contributed by atoms with E-state index in [0.717, 1.165) is 17.6 Å². The summed E-state index contributed by atoms with van der Waals surface area (Å²) in [4.78, 5) is 30.2. The molecule has 1 aliphatic rings. The van der Waals surface area contributed by atoms with Crippen LogP contribution in [0.3, 0.4) is 0 Å². The lowest BCUT2D eigenvalue weighted by Crippen LogP contribution is -2.51. The first kappa shape index (κ1) is 17.3. The van der Waals surface area contributed by atoms with Crippen LogP contribution in [0.25, 0.3) is 10.9 Å². The molecule has 0 radical (unpaired) electrons. The van der Waals surface area contributed by atoms with Crippen molar-refractivity contribution in [1.82, 2.24) is 15.2 Å². The normalized spacial score (nSPS) is 14.6. The Bertz CT molecular complexity index is 981. The zero-order valence-electron chi connectivity index (χ0n) is 14.8. The van der Waals surface area contributed by atoms with Crippen LogP contribution in [0.5, 0.6) is 0 Å². The molecule has 0 bridgehead atoms. The summed E-state index contributed by atoms with van der Waals surface area (Å²) in [6, 6.07) is 15.8. The van der Waals surface area contributed by atoms with Crippen LogP contribution in [0.1, 0.15) is 21.6 Å². The third kappa shape index (κ3) is 3.31. The molecule has 2 aromatic carbocycles. The fourth-order valence-electron chi connectivity index (χ4n) is 3.62. The fourth-order valence-corrected chi connectivity index (χ4v) is 3.62. The highest BCUT2D eigenvalue weighted by Crippen LogP contribution is 2.27. The summed E-state index contributed by atoms with van der Waals surface area (Å²) < 4.78 is 0. The average molecular weight is 363 g/mol. The highest BCUT2D eigenvalue weighted by molar-refractivity contribution is 5.97. The fraction of sp³-hybridized carbons (Fsp3) is 0.238. The molecule has 0 saturated carbocycles. The number of H-pyrrole nitrogens is 1. The van der Waals surface area contributed by atoms with E-state index in [0.29, 0.717) is 18.7 Å². The van der Waals surface area contributed by atoms with Gasteiger partial charge in [-0.15, -0.1) is 0 Å². The summed E-state index contributed by atoms with van der Waals surface area (Å²) in [7, 11) is 0. The maximum absolute atomic E-state index is 12.9. The largest absolute Gasteiger partial charge is 0.394 e. The second kappa shape index (κ2) is 7.25. The zero-order chi connectivity index (χ0) is 18.8. The molecule has 1 atom stereocenters. The van der Waals surface area contributed by atoms with E-state index >= 15 is 0 Å². The SMILES string of the molecule is O=C(N[C@@H](CO)C(=O)N1CCc2c([nH]c3ccccc23)C1)c1ccccc1. The van der Waals surface area contributed by atoms with Gasteiger partial charge in [0, 0.05) is 28.7 Å². The van der Waals surface area contributed by atoms with Gasteiger partial charge in [0.15, 0.2) is 0 Å². The molecule has 0 spiro atoms. The Balaban J connectivity index is 1.49. The molecular formula is C21H21N3O3. The number of para-hydroxylation sites is 1. The first-order chi connectivity index (χ1) is 13.2. The molecule has 0 unspecified atom stereocenters. The van der Waals surface area contributed by atoms with E-state index in [9.17, 15) is 14.7 Å². The van der Waals surface area contributed by atoms with Gasteiger partial charge in [-0.3, -0.25) is 9.59 Å². The number of hydrogen-bond donors (Lipinski definition) is 3. The van der Waals surface area contributed by atoms with E-state index in [2.05, 4.69) is 16.4 Å². The number of rotatable bonds is 4. The van der Waals surface area contributed by atoms with Crippen LogP contribution in [0.15, 0.2) is 54.6 Å². The van der Waals surface area contributed by atoms with Crippen molar-refractivity contribution in [2.45, 2.75) is 19.0 Å². The summed E-state index contributed by atoms with van der Waals surface area (Å²) in [5.41, 5.74) is 3.78. The van der Waals surface area contributed by atoms with Gasteiger partial charge in [0.1, 0.15) is 6.04 Å². The average Bonchev–Trinajstić information content (AvgIpc) is 3.09. The van der Waals surface area contributed by atoms with Crippen molar-refractivity contribution in [3.8, 4) is 0 Å². The summed E-state index contributed by atoms with van der Waals surface area (Å²) in [5, 5.41) is 13.5. The minimum Gasteiger partial charge on any atom is -0.394 e. The van der Waals surface area contributed by atoms with Crippen LogP contribution in [-0.4, -0.2) is 46.0 Å². The number of nitrogens with zero attached hydrogens (tertiary/aromatic N) is 1. The van der Waals surface area contributed by atoms with Gasteiger partial charge in [-0.05, 0) is 30.2 Å². The van der Waals surface area contributed by atoms with Gasteiger partial charge in [0.05, 0.1) is 13.2 Å². The Labute approximate surface area is 156 Å². The summed E-state index contributed by atoms with van der Waals surface area (Å²) in [6.07, 6.45) is 0.746. The van der Waals surface area contributed by atoms with E-state index in [-0.39, 0.29) is 11.8 Å². The minimum absolute atomic E-state index is 0.272. The van der Waals surface area contributed by atoms with Crippen LogP contribution in [0, 0.1) is 0 Å². The second-order valence-corrected chi connectivity index (χ2v) is 6.71. The van der Waals surface area contributed by atoms with Crippen molar-refractivity contribution < 1.29 is 14.7 Å². The van der Waals surface area contributed by atoms with Gasteiger partial charge >= 0.3 is 0 Å². The van der Waals surface area contributed by atoms with Gasteiger partial charge in [0.25, 0.3) is 5.91 Å². The van der Waals surface area contributed by atoms with Gasteiger partial charge in [0.2, 0.25) is 5.91 Å². The van der Waals surface area contributed by atoms with E-state index in [1.807, 2.05) is 24.3 Å². The summed E-state index contributed by atoms with van der Waals surface area (Å²) >= 11 is 0. The molecule has 6 nitrogen and oxygen atoms in total. The topological polar surface area (TPSA) is 85.4 Å². The number of carbonyl (C=O) groups is 2. The number of fused-ring (bicyclic) bond motifs is 3. The lowest BCUT2D eigenvalue weighted by Gasteiger charge is -2.30. The smallest absolute Gasteiger partial charge is 0.251 e. The van der Waals surface area contributed by atoms with Crippen LogP contribution in [-0.2, 0) is 17.8 Å². The molecule has 2 amide bonds. The molecule has 0 saturated heterocycles. The van der Waals surface area contributed by atoms with Gasteiger partial charge in [-0.1, -0.05) is 36.4 Å². The maximum Gasteiger partial charge on any atom is 0.251 e. The molecule has 2 heterocycles. The third-order valence-corrected chi connectivity index (χ3v) is 5.02. The number of aromatic nitrogens is 1. The zero-order valence-corrected chi connectivity index (χ0v) is 14.8. The molecule has 27 heavy (non-hydrogen) atoms. The van der Waals surface area contributed by atoms with Gasteiger partial charge in [-0.2, -0.15) is 0 Å². The van der Waals surface area contributed by atoms with Crippen molar-refractivity contribution in [2.75, 3.05) is 13.2 Å². The highest BCUT2D eigenvalue weighted by Gasteiger charge is 2.29.